The summed E-state index contributed by atoms with van der Waals surface area (Å²) in [5, 5.41) is 0. The minimum Gasteiger partial charge on any atom is -0.195 e. The van der Waals surface area contributed by atoms with Crippen LogP contribution in [0.15, 0.2) is 0 Å². The van der Waals surface area contributed by atoms with Gasteiger partial charge in [0.2, 0.25) is 0 Å². The van der Waals surface area contributed by atoms with Gasteiger partial charge in [-0.2, -0.15) is 8.42 Å². The molecule has 40 valence electrons. The van der Waals surface area contributed by atoms with E-state index in [1.54, 1.807) is 0 Å². The van der Waals surface area contributed by atoms with Crippen molar-refractivity contribution in [2.75, 3.05) is 6.26 Å². The first-order chi connectivity index (χ1) is 2.00. The molecule has 0 amide bonds. The highest BCUT2D eigenvalue weighted by molar-refractivity contribution is 7.85. The summed E-state index contributed by atoms with van der Waals surface area (Å²) >= 11 is 0. The zero-order valence-electron chi connectivity index (χ0n) is 3.01. The predicted octanol–water partition coefficient (Wildman–Crippen LogP) is 0.337. The highest BCUT2D eigenvalue weighted by atomic mass is 35.5. The van der Waals surface area contributed by atoms with E-state index < -0.39 is 10.2 Å². The first-order valence-corrected chi connectivity index (χ1v) is 2.69. The lowest BCUT2D eigenvalue weighted by Gasteiger charge is -1.63. The molecule has 0 heterocycles. The van der Waals surface area contributed by atoms with Crippen LogP contribution in [0.25, 0.3) is 0 Å². The van der Waals surface area contributed by atoms with Crippen LogP contribution in [0.2, 0.25) is 0 Å². The van der Waals surface area contributed by atoms with Gasteiger partial charge in [0.05, 0.1) is 6.26 Å². The SMILES string of the molecule is CS(=O)(=O)F.Cl. The molecule has 0 bridgehead atoms. The zero-order valence-corrected chi connectivity index (χ0v) is 4.64. The molecule has 2 nitrogen and oxygen atoms in total. The van der Waals surface area contributed by atoms with E-state index in [0.29, 0.717) is 6.26 Å². The van der Waals surface area contributed by atoms with Crippen molar-refractivity contribution in [2.45, 2.75) is 0 Å². The van der Waals surface area contributed by atoms with Crippen molar-refractivity contribution >= 4 is 22.6 Å². The summed E-state index contributed by atoms with van der Waals surface area (Å²) in [6, 6.07) is 0. The minimum atomic E-state index is -4.17. The minimum absolute atomic E-state index is 0. The molecular weight excluding hydrogens is 131 g/mol. The fourth-order valence-electron chi connectivity index (χ4n) is 0. The van der Waals surface area contributed by atoms with Gasteiger partial charge in [0, 0.05) is 0 Å². The van der Waals surface area contributed by atoms with Crippen LogP contribution in [0.5, 0.6) is 0 Å². The lowest BCUT2D eigenvalue weighted by molar-refractivity contribution is 0.559. The Morgan fingerprint density at radius 2 is 1.50 bits per heavy atom. The Kier molecular flexibility index (Phi) is 3.73. The second-order valence-electron chi connectivity index (χ2n) is 0.682. The first-order valence-electron chi connectivity index (χ1n) is 0.896. The van der Waals surface area contributed by atoms with Gasteiger partial charge in [0.15, 0.2) is 0 Å². The quantitative estimate of drug-likeness (QED) is 0.448. The van der Waals surface area contributed by atoms with Crippen LogP contribution in [0, 0.1) is 0 Å². The van der Waals surface area contributed by atoms with Gasteiger partial charge in [-0.15, -0.1) is 16.3 Å². The molecule has 0 aromatic rings. The fourth-order valence-corrected chi connectivity index (χ4v) is 0. The standard InChI is InChI=1S/CH3FO2S.ClH/c1-5(2,3)4;/h1H3;1H. The third-order valence-electron chi connectivity index (χ3n) is 0. The predicted molar refractivity (Wildman–Crippen MR) is 23.2 cm³/mol. The van der Waals surface area contributed by atoms with E-state index in [0.717, 1.165) is 0 Å². The van der Waals surface area contributed by atoms with Gasteiger partial charge in [0.25, 0.3) is 10.2 Å². The summed E-state index contributed by atoms with van der Waals surface area (Å²) in [4.78, 5) is 0. The number of hydrogen-bond acceptors (Lipinski definition) is 2. The molecule has 0 aromatic carbocycles. The fraction of sp³-hybridized carbons (Fsp3) is 1.00. The van der Waals surface area contributed by atoms with Crippen LogP contribution in [-0.4, -0.2) is 14.7 Å². The molecule has 0 radical (unpaired) electrons. The molecular formula is CH4ClFO2S. The van der Waals surface area contributed by atoms with Crippen molar-refractivity contribution in [3.8, 4) is 0 Å². The number of hydrogen-bond donors (Lipinski definition) is 0. The van der Waals surface area contributed by atoms with Crippen molar-refractivity contribution in [1.29, 1.82) is 0 Å². The average molecular weight is 135 g/mol. The van der Waals surface area contributed by atoms with Crippen molar-refractivity contribution in [2.24, 2.45) is 0 Å². The van der Waals surface area contributed by atoms with Gasteiger partial charge in [-0.25, -0.2) is 0 Å². The van der Waals surface area contributed by atoms with Gasteiger partial charge in [-0.1, -0.05) is 0 Å². The van der Waals surface area contributed by atoms with Gasteiger partial charge in [0.1, 0.15) is 0 Å². The molecule has 0 aliphatic carbocycles. The molecule has 0 N–H and O–H groups in total. The normalized spacial score (nSPS) is 9.67. The zero-order chi connectivity index (χ0) is 4.50. The van der Waals surface area contributed by atoms with Gasteiger partial charge in [-0.3, -0.25) is 0 Å². The summed E-state index contributed by atoms with van der Waals surface area (Å²) in [5.41, 5.74) is 0. The summed E-state index contributed by atoms with van der Waals surface area (Å²) < 4.78 is 28.6. The Balaban J connectivity index is 0. The Labute approximate surface area is 42.0 Å². The number of halogens is 2. The molecule has 0 atom stereocenters. The van der Waals surface area contributed by atoms with Crippen LogP contribution in [0.1, 0.15) is 0 Å². The molecule has 0 aliphatic heterocycles. The molecule has 0 saturated carbocycles. The van der Waals surface area contributed by atoms with Crippen LogP contribution in [-0.2, 0) is 10.2 Å². The van der Waals surface area contributed by atoms with Crippen molar-refractivity contribution in [3.05, 3.63) is 0 Å². The van der Waals surface area contributed by atoms with Crippen molar-refractivity contribution in [1.82, 2.24) is 0 Å². The molecule has 0 unspecified atom stereocenters. The van der Waals surface area contributed by atoms with E-state index in [1.807, 2.05) is 0 Å². The van der Waals surface area contributed by atoms with Gasteiger partial charge >= 0.3 is 0 Å². The van der Waals surface area contributed by atoms with Crippen LogP contribution in [0.3, 0.4) is 0 Å². The molecule has 6 heavy (non-hydrogen) atoms. The second kappa shape index (κ2) is 2.36. The van der Waals surface area contributed by atoms with Crippen molar-refractivity contribution < 1.29 is 12.3 Å². The lowest BCUT2D eigenvalue weighted by Crippen LogP contribution is -1.78. The maximum absolute atomic E-state index is 10.7. The third-order valence-corrected chi connectivity index (χ3v) is 0. The van der Waals surface area contributed by atoms with Crippen LogP contribution in [0.4, 0.5) is 3.89 Å². The van der Waals surface area contributed by atoms with E-state index >= 15 is 0 Å². The van der Waals surface area contributed by atoms with E-state index in [9.17, 15) is 3.89 Å². The monoisotopic (exact) mass is 134 g/mol. The van der Waals surface area contributed by atoms with Crippen molar-refractivity contribution in [3.63, 3.8) is 0 Å². The maximum atomic E-state index is 10.7. The molecule has 0 spiro atoms. The highest BCUT2D eigenvalue weighted by Crippen LogP contribution is 1.75. The molecule has 0 saturated heterocycles. The van der Waals surface area contributed by atoms with Crippen LogP contribution < -0.4 is 0 Å². The maximum Gasteiger partial charge on any atom is 0.299 e. The van der Waals surface area contributed by atoms with Gasteiger partial charge in [-0.05, 0) is 0 Å². The molecule has 0 rings (SSSR count). The summed E-state index contributed by atoms with van der Waals surface area (Å²) in [7, 11) is -4.17. The van der Waals surface area contributed by atoms with E-state index in [-0.39, 0.29) is 12.4 Å². The smallest absolute Gasteiger partial charge is 0.195 e. The van der Waals surface area contributed by atoms with Crippen LogP contribution >= 0.6 is 12.4 Å². The van der Waals surface area contributed by atoms with E-state index in [1.165, 1.54) is 0 Å². The third kappa shape index (κ3) is 1450. The Morgan fingerprint density at radius 3 is 1.50 bits per heavy atom. The van der Waals surface area contributed by atoms with E-state index in [4.69, 9.17) is 8.42 Å². The molecule has 0 aliphatic rings. The molecule has 5 heteroatoms. The summed E-state index contributed by atoms with van der Waals surface area (Å²) in [6.45, 7) is 0. The van der Waals surface area contributed by atoms with Gasteiger partial charge < -0.3 is 0 Å². The number of rotatable bonds is 0. The highest BCUT2D eigenvalue weighted by Gasteiger charge is 1.86. The lowest BCUT2D eigenvalue weighted by atomic mass is 12.0. The summed E-state index contributed by atoms with van der Waals surface area (Å²) in [6.07, 6.45) is 0.493. The largest absolute Gasteiger partial charge is 0.299 e. The van der Waals surface area contributed by atoms with E-state index in [2.05, 4.69) is 0 Å². The Hall–Kier alpha value is 0.170. The molecule has 0 fully saturated rings. The average Bonchev–Trinajstić information content (AvgIpc) is 0.722. The topological polar surface area (TPSA) is 34.1 Å². The summed E-state index contributed by atoms with van der Waals surface area (Å²) in [5.74, 6) is 0. The Bertz CT molecular complexity index is 96.7. The second-order valence-corrected chi connectivity index (χ2v) is 2.04. The molecule has 0 aromatic heterocycles. The first kappa shape index (κ1) is 9.48. The Morgan fingerprint density at radius 1 is 1.50 bits per heavy atom.